The molecule has 0 spiro atoms. The molecule has 0 aliphatic carbocycles. The molecule has 1 rings (SSSR count). The normalized spacial score (nSPS) is 11.5. The van der Waals surface area contributed by atoms with Crippen molar-refractivity contribution in [3.63, 3.8) is 0 Å². The maximum atomic E-state index is 12.0. The molecule has 5 nitrogen and oxygen atoms in total. The highest BCUT2D eigenvalue weighted by Crippen LogP contribution is 2.15. The minimum atomic E-state index is -0.417. The first-order valence-electron chi connectivity index (χ1n) is 5.74. The molecule has 0 atom stereocenters. The Bertz CT molecular complexity index is 377. The smallest absolute Gasteiger partial charge is 0.265 e. The average molecular weight is 257 g/mol. The monoisotopic (exact) mass is 257 g/mol. The second kappa shape index (κ2) is 6.07. The van der Waals surface area contributed by atoms with Gasteiger partial charge in [0.1, 0.15) is 4.88 Å². The van der Waals surface area contributed by atoms with Crippen molar-refractivity contribution < 1.29 is 9.90 Å². The molecule has 0 aliphatic rings. The second-order valence-corrected chi connectivity index (χ2v) is 5.36. The maximum Gasteiger partial charge on any atom is 0.265 e. The number of hydrogen-bond donors (Lipinski definition) is 2. The van der Waals surface area contributed by atoms with Crippen molar-refractivity contribution in [1.82, 2.24) is 14.9 Å². The lowest BCUT2D eigenvalue weighted by Gasteiger charge is -2.24. The number of rotatable bonds is 6. The molecule has 1 aromatic heterocycles. The first-order valence-corrected chi connectivity index (χ1v) is 6.52. The van der Waals surface area contributed by atoms with E-state index in [-0.39, 0.29) is 12.5 Å². The Morgan fingerprint density at radius 3 is 2.82 bits per heavy atom. The van der Waals surface area contributed by atoms with Crippen LogP contribution in [0.25, 0.3) is 0 Å². The van der Waals surface area contributed by atoms with Crippen LogP contribution in [-0.2, 0) is 6.42 Å². The predicted molar refractivity (Wildman–Crippen MR) is 67.2 cm³/mol. The van der Waals surface area contributed by atoms with E-state index in [1.165, 1.54) is 0 Å². The molecule has 17 heavy (non-hydrogen) atoms. The van der Waals surface area contributed by atoms with Crippen molar-refractivity contribution in [3.05, 3.63) is 10.6 Å². The first-order chi connectivity index (χ1) is 8.00. The number of carbonyl (C=O) groups is 1. The second-order valence-electron chi connectivity index (χ2n) is 4.61. The van der Waals surface area contributed by atoms with E-state index in [0.717, 1.165) is 30.1 Å². The van der Waals surface area contributed by atoms with Gasteiger partial charge in [0.2, 0.25) is 0 Å². The Morgan fingerprint density at radius 2 is 2.24 bits per heavy atom. The van der Waals surface area contributed by atoms with E-state index in [9.17, 15) is 4.79 Å². The summed E-state index contributed by atoms with van der Waals surface area (Å²) in [6.45, 7) is 5.86. The van der Waals surface area contributed by atoms with Crippen LogP contribution in [-0.4, -0.2) is 32.7 Å². The minimum Gasteiger partial charge on any atom is -0.396 e. The van der Waals surface area contributed by atoms with Gasteiger partial charge in [-0.3, -0.25) is 4.79 Å². The Hall–Kier alpha value is -1.01. The Morgan fingerprint density at radius 1 is 1.53 bits per heavy atom. The van der Waals surface area contributed by atoms with Gasteiger partial charge in [-0.1, -0.05) is 17.8 Å². The van der Waals surface area contributed by atoms with Crippen molar-refractivity contribution in [2.24, 2.45) is 0 Å². The van der Waals surface area contributed by atoms with E-state index in [4.69, 9.17) is 5.11 Å². The topological polar surface area (TPSA) is 75.1 Å². The number of nitrogens with one attached hydrogen (secondary N) is 1. The third-order valence-corrected chi connectivity index (χ3v) is 3.20. The summed E-state index contributed by atoms with van der Waals surface area (Å²) in [5, 5.41) is 15.8. The number of aryl methyl sites for hydroxylation is 1. The molecule has 0 aromatic carbocycles. The lowest BCUT2D eigenvalue weighted by molar-refractivity contribution is 0.0902. The van der Waals surface area contributed by atoms with Gasteiger partial charge in [-0.2, -0.15) is 0 Å². The molecular formula is C11H19N3O2S. The van der Waals surface area contributed by atoms with Crippen LogP contribution in [0.15, 0.2) is 0 Å². The third kappa shape index (κ3) is 4.05. The van der Waals surface area contributed by atoms with E-state index < -0.39 is 5.54 Å². The summed E-state index contributed by atoms with van der Waals surface area (Å²) < 4.78 is 3.82. The van der Waals surface area contributed by atoms with Crippen LogP contribution in [0.2, 0.25) is 0 Å². The van der Waals surface area contributed by atoms with E-state index in [2.05, 4.69) is 14.9 Å². The first kappa shape index (κ1) is 14.1. The summed E-state index contributed by atoms with van der Waals surface area (Å²) in [7, 11) is 0. The van der Waals surface area contributed by atoms with Gasteiger partial charge in [0.15, 0.2) is 0 Å². The molecule has 0 fully saturated rings. The number of aliphatic hydroxyl groups excluding tert-OH is 1. The summed E-state index contributed by atoms with van der Waals surface area (Å²) in [5.41, 5.74) is 0.342. The van der Waals surface area contributed by atoms with Crippen molar-refractivity contribution >= 4 is 17.4 Å². The fourth-order valence-electron chi connectivity index (χ4n) is 1.49. The molecule has 0 saturated carbocycles. The Balaban J connectivity index is 2.72. The average Bonchev–Trinajstić information content (AvgIpc) is 2.65. The molecule has 96 valence electrons. The van der Waals surface area contributed by atoms with Crippen LogP contribution < -0.4 is 5.32 Å². The van der Waals surface area contributed by atoms with Gasteiger partial charge < -0.3 is 10.4 Å². The van der Waals surface area contributed by atoms with Crippen molar-refractivity contribution in [2.45, 2.75) is 45.6 Å². The summed E-state index contributed by atoms with van der Waals surface area (Å²) >= 11 is 1.12. The number of hydrogen-bond acceptors (Lipinski definition) is 5. The number of aromatic nitrogens is 2. The zero-order valence-electron chi connectivity index (χ0n) is 10.5. The van der Waals surface area contributed by atoms with Crippen LogP contribution >= 0.6 is 11.5 Å². The molecule has 0 radical (unpaired) electrons. The Kier molecular flexibility index (Phi) is 5.02. The summed E-state index contributed by atoms with van der Waals surface area (Å²) in [4.78, 5) is 12.6. The largest absolute Gasteiger partial charge is 0.396 e. The number of carbonyl (C=O) groups excluding carboxylic acids is 1. The van der Waals surface area contributed by atoms with Crippen molar-refractivity contribution in [2.75, 3.05) is 6.61 Å². The predicted octanol–water partition coefficient (Wildman–Crippen LogP) is 1.38. The van der Waals surface area contributed by atoms with Gasteiger partial charge in [0, 0.05) is 12.1 Å². The quantitative estimate of drug-likeness (QED) is 0.807. The standard InChI is InChI=1S/C11H19N3O2S/c1-4-5-8-9(17-14-13-8)10(16)12-11(2,3)6-7-15/h15H,4-7H2,1-3H3,(H,12,16). The molecule has 0 saturated heterocycles. The fourth-order valence-corrected chi connectivity index (χ4v) is 2.09. The fraction of sp³-hybridized carbons (Fsp3) is 0.727. The zero-order chi connectivity index (χ0) is 12.9. The van der Waals surface area contributed by atoms with Crippen LogP contribution in [0, 0.1) is 0 Å². The van der Waals surface area contributed by atoms with Gasteiger partial charge in [-0.25, -0.2) is 0 Å². The molecule has 1 heterocycles. The highest BCUT2D eigenvalue weighted by atomic mass is 32.1. The van der Waals surface area contributed by atoms with Gasteiger partial charge >= 0.3 is 0 Å². The van der Waals surface area contributed by atoms with E-state index in [1.807, 2.05) is 20.8 Å². The molecule has 0 bridgehead atoms. The van der Waals surface area contributed by atoms with Crippen LogP contribution in [0.1, 0.15) is 49.0 Å². The molecule has 2 N–H and O–H groups in total. The molecule has 6 heteroatoms. The van der Waals surface area contributed by atoms with Gasteiger partial charge in [0.05, 0.1) is 5.69 Å². The van der Waals surface area contributed by atoms with E-state index >= 15 is 0 Å². The van der Waals surface area contributed by atoms with Crippen molar-refractivity contribution in [1.29, 1.82) is 0 Å². The summed E-state index contributed by atoms with van der Waals surface area (Å²) in [5.74, 6) is -0.151. The number of aliphatic hydroxyl groups is 1. The zero-order valence-corrected chi connectivity index (χ0v) is 11.3. The highest BCUT2D eigenvalue weighted by Gasteiger charge is 2.23. The van der Waals surface area contributed by atoms with Crippen LogP contribution in [0.4, 0.5) is 0 Å². The number of amides is 1. The highest BCUT2D eigenvalue weighted by molar-refractivity contribution is 7.08. The molecule has 1 amide bonds. The van der Waals surface area contributed by atoms with Crippen LogP contribution in [0.3, 0.4) is 0 Å². The molecule has 0 unspecified atom stereocenters. The maximum absolute atomic E-state index is 12.0. The number of nitrogens with zero attached hydrogens (tertiary/aromatic N) is 2. The lowest BCUT2D eigenvalue weighted by atomic mass is 10.0. The van der Waals surface area contributed by atoms with Gasteiger partial charge in [0.25, 0.3) is 5.91 Å². The van der Waals surface area contributed by atoms with E-state index in [0.29, 0.717) is 11.3 Å². The van der Waals surface area contributed by atoms with Crippen molar-refractivity contribution in [3.8, 4) is 0 Å². The van der Waals surface area contributed by atoms with Gasteiger partial charge in [-0.05, 0) is 38.2 Å². The van der Waals surface area contributed by atoms with Gasteiger partial charge in [-0.15, -0.1) is 5.10 Å². The van der Waals surface area contributed by atoms with E-state index in [1.54, 1.807) is 0 Å². The molecule has 0 aliphatic heterocycles. The molecule has 1 aromatic rings. The van der Waals surface area contributed by atoms with Crippen LogP contribution in [0.5, 0.6) is 0 Å². The SMILES string of the molecule is CCCc1nnsc1C(=O)NC(C)(C)CCO. The Labute approximate surface area is 105 Å². The third-order valence-electron chi connectivity index (χ3n) is 2.44. The molecular weight excluding hydrogens is 238 g/mol. The summed E-state index contributed by atoms with van der Waals surface area (Å²) in [6.07, 6.45) is 2.22. The summed E-state index contributed by atoms with van der Waals surface area (Å²) in [6, 6.07) is 0. The lowest BCUT2D eigenvalue weighted by Crippen LogP contribution is -2.44. The minimum absolute atomic E-state index is 0.0516.